The van der Waals surface area contributed by atoms with Crippen molar-refractivity contribution in [3.05, 3.63) is 63.4 Å². The number of rotatable bonds is 0. The summed E-state index contributed by atoms with van der Waals surface area (Å²) in [5.74, 6) is -7.60. The van der Waals surface area contributed by atoms with Gasteiger partial charge in [-0.1, -0.05) is 0 Å². The molecule has 0 bridgehead atoms. The van der Waals surface area contributed by atoms with E-state index in [-0.39, 0.29) is 0 Å². The number of aliphatic hydroxyl groups is 1. The molecular weight excluding hydrogens is 380 g/mol. The maximum atomic E-state index is 12.6. The van der Waals surface area contributed by atoms with Crippen LogP contribution in [0.15, 0.2) is 30.3 Å². The highest BCUT2D eigenvalue weighted by molar-refractivity contribution is 6.62. The number of aliphatic hydroxyl groups excluding tert-OH is 1. The van der Waals surface area contributed by atoms with Crippen molar-refractivity contribution in [2.45, 2.75) is 6.10 Å². The molecule has 0 aliphatic heterocycles. The van der Waals surface area contributed by atoms with Gasteiger partial charge in [0.15, 0.2) is 6.10 Å². The van der Waals surface area contributed by atoms with E-state index < -0.39 is 90.3 Å². The van der Waals surface area contributed by atoms with E-state index in [2.05, 4.69) is 9.97 Å². The van der Waals surface area contributed by atoms with E-state index in [1.54, 1.807) is 0 Å². The highest BCUT2D eigenvalue weighted by Crippen LogP contribution is 2.29. The number of ketones is 5. The van der Waals surface area contributed by atoms with E-state index >= 15 is 0 Å². The molecule has 1 aromatic carbocycles. The lowest BCUT2D eigenvalue weighted by molar-refractivity contribution is -0.145. The molecule has 28 heavy (non-hydrogen) atoms. The van der Waals surface area contributed by atoms with Crippen molar-refractivity contribution in [1.82, 2.24) is 9.97 Å². The zero-order valence-electron chi connectivity index (χ0n) is 13.1. The highest BCUT2D eigenvalue weighted by atomic mass is 16.3. The Morgan fingerprint density at radius 2 is 0.964 bits per heavy atom. The van der Waals surface area contributed by atoms with Gasteiger partial charge >= 0.3 is 0 Å². The zero-order chi connectivity index (χ0) is 20.7. The molecule has 1 unspecified atom stereocenters. The number of Topliss-reactive ketones (excluding diaryl/α,β-unsaturated/α-hetero) is 5. The Hall–Kier alpha value is -4.19. The van der Waals surface area contributed by atoms with Gasteiger partial charge in [-0.15, -0.1) is 0 Å². The first-order valence-electron chi connectivity index (χ1n) is 7.32. The monoisotopic (exact) mass is 382 g/mol. The number of hydrogen-bond donors (Lipinski definition) is 1. The predicted molar refractivity (Wildman–Crippen MR) is 83.7 cm³/mol. The molecule has 1 N–H and O–H groups in total. The second-order valence-corrected chi connectivity index (χ2v) is 5.80. The van der Waals surface area contributed by atoms with Crippen LogP contribution < -0.4 is 21.7 Å². The van der Waals surface area contributed by atoms with Crippen molar-refractivity contribution in [2.24, 2.45) is 0 Å². The molecule has 0 saturated heterocycles. The van der Waals surface area contributed by atoms with Crippen molar-refractivity contribution in [3.8, 4) is 0 Å². The van der Waals surface area contributed by atoms with Crippen LogP contribution >= 0.6 is 0 Å². The molecule has 2 aromatic rings. The lowest BCUT2D eigenvalue weighted by atomic mass is 9.77. The Labute approximate surface area is 149 Å². The number of benzene rings is 1. The molecule has 2 aliphatic rings. The third kappa shape index (κ3) is 1.83. The molecule has 1 atom stereocenters. The summed E-state index contributed by atoms with van der Waals surface area (Å²) in [6, 6.07) is 0. The maximum Gasteiger partial charge on any atom is 0.279 e. The fourth-order valence-corrected chi connectivity index (χ4v) is 2.91. The summed E-state index contributed by atoms with van der Waals surface area (Å²) in [4.78, 5) is 115. The molecular formula is C16H2N2O10. The van der Waals surface area contributed by atoms with Crippen LogP contribution in [0, 0.1) is 0 Å². The molecule has 2 aliphatic carbocycles. The van der Waals surface area contributed by atoms with Gasteiger partial charge in [0.1, 0.15) is 22.4 Å². The van der Waals surface area contributed by atoms with Crippen LogP contribution in [0.3, 0.4) is 0 Å². The first kappa shape index (κ1) is 17.2. The first-order chi connectivity index (χ1) is 13.1. The first-order valence-corrected chi connectivity index (χ1v) is 7.32. The smallest absolute Gasteiger partial charge is 0.279 e. The zero-order valence-corrected chi connectivity index (χ0v) is 13.1. The Kier molecular flexibility index (Phi) is 3.18. The van der Waals surface area contributed by atoms with Gasteiger partial charge in [-0.3, -0.25) is 43.2 Å². The Bertz CT molecular complexity index is 1490. The summed E-state index contributed by atoms with van der Waals surface area (Å²) in [5, 5.41) is 9.51. The second-order valence-electron chi connectivity index (χ2n) is 5.80. The van der Waals surface area contributed by atoms with Gasteiger partial charge in [0.05, 0.1) is 11.1 Å². The maximum absolute atomic E-state index is 12.6. The normalized spacial score (nSPS) is 19.3. The van der Waals surface area contributed by atoms with Crippen LogP contribution in [-0.4, -0.2) is 50.1 Å². The van der Waals surface area contributed by atoms with Crippen LogP contribution in [0.1, 0.15) is 21.0 Å². The molecule has 0 amide bonds. The number of carbonyl (C=O) groups is 5. The minimum absolute atomic E-state index is 0.937. The van der Waals surface area contributed by atoms with Gasteiger partial charge in [0.25, 0.3) is 21.7 Å². The summed E-state index contributed by atoms with van der Waals surface area (Å²) in [6.45, 7) is 0. The topological polar surface area (TPSA) is 200 Å². The van der Waals surface area contributed by atoms with Crippen molar-refractivity contribution in [2.75, 3.05) is 0 Å². The Morgan fingerprint density at radius 3 is 1.43 bits per heavy atom. The van der Waals surface area contributed by atoms with E-state index in [0.29, 0.717) is 0 Å². The van der Waals surface area contributed by atoms with Crippen LogP contribution in [0.5, 0.6) is 0 Å². The van der Waals surface area contributed by atoms with E-state index in [1.807, 2.05) is 0 Å². The van der Waals surface area contributed by atoms with Crippen LogP contribution in [-0.2, 0) is 14.4 Å². The van der Waals surface area contributed by atoms with E-state index in [0.717, 1.165) is 0 Å². The van der Waals surface area contributed by atoms with Crippen LogP contribution in [0.4, 0.5) is 0 Å². The molecule has 1 heterocycles. The fourth-order valence-electron chi connectivity index (χ4n) is 2.91. The lowest BCUT2D eigenvalue weighted by Crippen LogP contribution is -2.49. The van der Waals surface area contributed by atoms with Crippen molar-refractivity contribution in [1.29, 1.82) is 0 Å². The number of nitrogens with zero attached hydrogens (tertiary/aromatic N) is 2. The van der Waals surface area contributed by atoms with Crippen molar-refractivity contribution < 1.29 is 29.1 Å². The van der Waals surface area contributed by atoms with Gasteiger partial charge in [-0.05, 0) is 0 Å². The van der Waals surface area contributed by atoms with Crippen LogP contribution in [0.2, 0.25) is 0 Å². The van der Waals surface area contributed by atoms with Crippen molar-refractivity contribution in [3.63, 3.8) is 0 Å². The molecule has 1 aromatic heterocycles. The van der Waals surface area contributed by atoms with Crippen LogP contribution in [0.25, 0.3) is 11.0 Å². The summed E-state index contributed by atoms with van der Waals surface area (Å²) in [6.07, 6.45) is -2.49. The lowest BCUT2D eigenvalue weighted by Gasteiger charge is -2.23. The third-order valence-corrected chi connectivity index (χ3v) is 4.27. The van der Waals surface area contributed by atoms with E-state index in [1.165, 1.54) is 0 Å². The predicted octanol–water partition coefficient (Wildman–Crippen LogP) is -4.30. The molecule has 4 rings (SSSR count). The summed E-state index contributed by atoms with van der Waals surface area (Å²) in [5.41, 5.74) is -12.6. The third-order valence-electron chi connectivity index (χ3n) is 4.27. The SMILES string of the molecule is O=C1C(=O)C(O)C(=O)C2=C1C(=O)c1nc3c(=O)c(=O)c(=O)c(=O)c3nc1C2=O. The molecule has 136 valence electrons. The fraction of sp³-hybridized carbons (Fsp3) is 0.0625. The summed E-state index contributed by atoms with van der Waals surface area (Å²) in [7, 11) is 0. The second kappa shape index (κ2) is 5.17. The highest BCUT2D eigenvalue weighted by Gasteiger charge is 2.50. The Morgan fingerprint density at radius 1 is 0.536 bits per heavy atom. The molecule has 0 fully saturated rings. The number of aromatic nitrogens is 2. The largest absolute Gasteiger partial charge is 0.377 e. The van der Waals surface area contributed by atoms with Gasteiger partial charge in [0, 0.05) is 0 Å². The molecule has 12 heteroatoms. The number of carbonyl (C=O) groups excluding carboxylic acids is 5. The van der Waals surface area contributed by atoms with Gasteiger partial charge in [-0.2, -0.15) is 0 Å². The molecule has 0 spiro atoms. The number of hydrogen-bond acceptors (Lipinski definition) is 12. The summed E-state index contributed by atoms with van der Waals surface area (Å²) < 4.78 is 0. The van der Waals surface area contributed by atoms with Crippen molar-refractivity contribution >= 4 is 39.9 Å². The molecule has 12 nitrogen and oxygen atoms in total. The van der Waals surface area contributed by atoms with Gasteiger partial charge in [0.2, 0.25) is 28.9 Å². The molecule has 0 saturated carbocycles. The quantitative estimate of drug-likeness (QED) is 0.261. The average Bonchev–Trinajstić information content (AvgIpc) is 2.68. The van der Waals surface area contributed by atoms with E-state index in [4.69, 9.17) is 0 Å². The number of fused-ring (bicyclic) bond motifs is 2. The minimum atomic E-state index is -2.49. The minimum Gasteiger partial charge on any atom is -0.377 e. The standard InChI is InChI=1S/C16H2N2O10/c19-7-1-2(10(22)14(26)13(25)9(1)21)8(20)4-3(7)17-5-6(18-4)12(24)16(28)15(27)11(5)23/h13,25H. The summed E-state index contributed by atoms with van der Waals surface area (Å²) >= 11 is 0. The van der Waals surface area contributed by atoms with Gasteiger partial charge in [-0.25, -0.2) is 9.97 Å². The Balaban J connectivity index is 2.15. The average molecular weight is 382 g/mol. The van der Waals surface area contributed by atoms with Gasteiger partial charge < -0.3 is 5.11 Å². The molecule has 0 radical (unpaired) electrons. The van der Waals surface area contributed by atoms with E-state index in [9.17, 15) is 48.3 Å². The number of allylic oxidation sites excluding steroid dienone is 1.